The van der Waals surface area contributed by atoms with Crippen molar-refractivity contribution in [3.8, 4) is 0 Å². The number of hydrogen-bond acceptors (Lipinski definition) is 15. The second-order valence-corrected chi connectivity index (χ2v) is 21.1. The normalized spacial score (nSPS) is 19.5. The van der Waals surface area contributed by atoms with Crippen molar-refractivity contribution >= 4 is 33.4 Å². The van der Waals surface area contributed by atoms with Crippen molar-refractivity contribution in [1.29, 1.82) is 0 Å². The lowest BCUT2D eigenvalue weighted by Crippen LogP contribution is -2.36. The number of aromatic nitrogens is 2. The maximum absolute atomic E-state index is 12.9. The number of nitrogens with two attached hydrogens (primary N) is 1. The maximum atomic E-state index is 12.9. The number of ether oxygens (including phenoxy) is 3. The van der Waals surface area contributed by atoms with Crippen LogP contribution in [0.15, 0.2) is 53.5 Å². The summed E-state index contributed by atoms with van der Waals surface area (Å²) < 4.78 is 56.8. The molecule has 0 radical (unpaired) electrons. The van der Waals surface area contributed by atoms with Gasteiger partial charge in [0.15, 0.2) is 12.3 Å². The quantitative estimate of drug-likeness (QED) is 0.0176. The zero-order valence-corrected chi connectivity index (χ0v) is 43.9. The summed E-state index contributed by atoms with van der Waals surface area (Å²) in [6, 6.07) is 1.25. The molecule has 1 aliphatic rings. The van der Waals surface area contributed by atoms with E-state index < -0.39 is 83.7 Å². The highest BCUT2D eigenvalue weighted by Crippen LogP contribution is 2.60. The summed E-state index contributed by atoms with van der Waals surface area (Å²) in [4.78, 5) is 61.9. The van der Waals surface area contributed by atoms with Crippen LogP contribution >= 0.6 is 15.6 Å². The van der Waals surface area contributed by atoms with Crippen molar-refractivity contribution < 1.29 is 66.3 Å². The number of anilines is 1. The first kappa shape index (κ1) is 63.1. The minimum absolute atomic E-state index is 0.0371. The number of allylic oxidation sites excluding steroid dienone is 6. The van der Waals surface area contributed by atoms with E-state index in [0.717, 1.165) is 88.0 Å². The van der Waals surface area contributed by atoms with Crippen LogP contribution in [0.25, 0.3) is 0 Å². The van der Waals surface area contributed by atoms with Crippen LogP contribution in [0, 0.1) is 0 Å². The van der Waals surface area contributed by atoms with Gasteiger partial charge >= 0.3 is 33.3 Å². The molecule has 3 unspecified atom stereocenters. The van der Waals surface area contributed by atoms with Crippen LogP contribution < -0.4 is 11.4 Å². The summed E-state index contributed by atoms with van der Waals surface area (Å²) in [6.45, 7) is 2.13. The average Bonchev–Trinajstić information content (AvgIpc) is 3.59. The number of hydrogen-bond donors (Lipinski definition) is 5. The first-order chi connectivity index (χ1) is 33.7. The highest BCUT2D eigenvalue weighted by Gasteiger charge is 2.46. The first-order valence-electron chi connectivity index (χ1n) is 26.0. The van der Waals surface area contributed by atoms with E-state index in [1.165, 1.54) is 82.9 Å². The smallest absolute Gasteiger partial charge is 0.462 e. The maximum Gasteiger partial charge on any atom is 0.481 e. The summed E-state index contributed by atoms with van der Waals surface area (Å²) in [5, 5.41) is 20.9. The Hall–Kier alpha value is -3.02. The molecule has 2 heterocycles. The van der Waals surface area contributed by atoms with Crippen LogP contribution in [0.3, 0.4) is 0 Å². The molecule has 20 heteroatoms. The van der Waals surface area contributed by atoms with Gasteiger partial charge in [-0.05, 0) is 57.4 Å². The summed E-state index contributed by atoms with van der Waals surface area (Å²) >= 11 is 0. The van der Waals surface area contributed by atoms with Crippen molar-refractivity contribution in [3.05, 3.63) is 59.2 Å². The highest BCUT2D eigenvalue weighted by molar-refractivity contribution is 7.61. The number of carbonyl (C=O) groups excluding carboxylic acids is 2. The molecule has 18 nitrogen and oxygen atoms in total. The summed E-state index contributed by atoms with van der Waals surface area (Å²) in [5.41, 5.74) is 4.59. The largest absolute Gasteiger partial charge is 0.481 e. The van der Waals surface area contributed by atoms with E-state index in [-0.39, 0.29) is 18.7 Å². The van der Waals surface area contributed by atoms with Gasteiger partial charge in [0.05, 0.1) is 13.2 Å². The number of unbranched alkanes of at least 4 members (excludes halogenated alkanes) is 21. The molecule has 1 aromatic heterocycles. The molecule has 70 heavy (non-hydrogen) atoms. The third-order valence-corrected chi connectivity index (χ3v) is 14.3. The summed E-state index contributed by atoms with van der Waals surface area (Å²) in [7, 11) is -10.8. The standard InChI is InChI=1S/C50H87N3O15P2/c1-3-5-7-9-11-13-15-17-18-19-20-21-22-24-26-28-30-32-34-36-46(55)66-42(39-63-45(54)35-33-31-29-27-25-23-16-14-12-10-8-6-4-2)40-64-69(59,60)68-70(61,62)65-41-43-47(56)48(57)49(67-43)53-38-37-44(51)52-50(53)58/h11,13,17-18,20-21,37-38,42-43,47-49,56-57H,3-10,12,14-16,19,22-36,39-41H2,1-2H3,(H,59,60)(H,61,62)(H2,51,52,58)/b13-11-,18-17-,21-20-/t42-,43-,47+,48?,49-/m1/s1. The molecule has 0 saturated carbocycles. The molecule has 7 atom stereocenters. The number of aliphatic hydroxyl groups excluding tert-OH is 2. The number of aliphatic hydroxyl groups is 2. The van der Waals surface area contributed by atoms with Gasteiger partial charge in [-0.2, -0.15) is 9.29 Å². The van der Waals surface area contributed by atoms with Gasteiger partial charge in [-0.15, -0.1) is 0 Å². The lowest BCUT2D eigenvalue weighted by atomic mass is 10.0. The van der Waals surface area contributed by atoms with Crippen LogP contribution in [0.1, 0.15) is 200 Å². The van der Waals surface area contributed by atoms with Crippen molar-refractivity contribution in [2.45, 2.75) is 224 Å². The van der Waals surface area contributed by atoms with Gasteiger partial charge in [0, 0.05) is 19.0 Å². The van der Waals surface area contributed by atoms with E-state index in [4.69, 9.17) is 29.0 Å². The highest BCUT2D eigenvalue weighted by atomic mass is 31.3. The van der Waals surface area contributed by atoms with Crippen LogP contribution in [0.5, 0.6) is 0 Å². The number of phosphoric ester groups is 2. The minimum atomic E-state index is -5.43. The number of carbonyl (C=O) groups is 2. The molecule has 0 amide bonds. The number of nitrogen functional groups attached to an aromatic ring is 1. The molecule has 0 bridgehead atoms. The lowest BCUT2D eigenvalue weighted by molar-refractivity contribution is -0.161. The Morgan fingerprint density at radius 1 is 0.686 bits per heavy atom. The average molecular weight is 1030 g/mol. The Morgan fingerprint density at radius 3 is 1.71 bits per heavy atom. The Bertz CT molecular complexity index is 1810. The molecular formula is C50H87N3O15P2. The number of rotatable bonds is 43. The topological polar surface area (TPSA) is 265 Å². The first-order valence-corrected chi connectivity index (χ1v) is 29.0. The van der Waals surface area contributed by atoms with Crippen molar-refractivity contribution in [2.24, 2.45) is 0 Å². The van der Waals surface area contributed by atoms with Crippen molar-refractivity contribution in [3.63, 3.8) is 0 Å². The van der Waals surface area contributed by atoms with Gasteiger partial charge in [-0.1, -0.05) is 166 Å². The minimum Gasteiger partial charge on any atom is -0.462 e. The molecule has 0 aliphatic carbocycles. The molecule has 1 aromatic rings. The molecule has 1 aliphatic heterocycles. The third-order valence-electron chi connectivity index (χ3n) is 11.7. The fourth-order valence-electron chi connectivity index (χ4n) is 7.67. The van der Waals surface area contributed by atoms with Crippen molar-refractivity contribution in [2.75, 3.05) is 25.6 Å². The van der Waals surface area contributed by atoms with Gasteiger partial charge in [-0.3, -0.25) is 23.2 Å². The molecule has 1 saturated heterocycles. The molecule has 1 fully saturated rings. The monoisotopic (exact) mass is 1030 g/mol. The Labute approximate surface area is 417 Å². The molecule has 2 rings (SSSR count). The number of nitrogens with zero attached hydrogens (tertiary/aromatic N) is 2. The number of esters is 2. The summed E-state index contributed by atoms with van der Waals surface area (Å²) in [6.07, 6.45) is 35.0. The van der Waals surface area contributed by atoms with Gasteiger partial charge in [-0.25, -0.2) is 13.9 Å². The van der Waals surface area contributed by atoms with Crippen LogP contribution in [-0.4, -0.2) is 85.7 Å². The van der Waals surface area contributed by atoms with Crippen LogP contribution in [0.2, 0.25) is 0 Å². The third kappa shape index (κ3) is 30.8. The fourth-order valence-corrected chi connectivity index (χ4v) is 9.78. The van der Waals surface area contributed by atoms with Crippen LogP contribution in [0.4, 0.5) is 5.82 Å². The van der Waals surface area contributed by atoms with E-state index in [9.17, 15) is 43.5 Å². The second-order valence-electron chi connectivity index (χ2n) is 18.0. The Balaban J connectivity index is 1.79. The number of phosphoric acid groups is 2. The van der Waals surface area contributed by atoms with Crippen LogP contribution in [-0.2, 0) is 46.3 Å². The second kappa shape index (κ2) is 38.6. The van der Waals surface area contributed by atoms with E-state index in [1.807, 2.05) is 0 Å². The van der Waals surface area contributed by atoms with E-state index in [2.05, 4.69) is 59.6 Å². The Kier molecular flexibility index (Phi) is 34.8. The Morgan fingerprint density at radius 2 is 1.16 bits per heavy atom. The van der Waals surface area contributed by atoms with E-state index in [1.54, 1.807) is 0 Å². The zero-order valence-electron chi connectivity index (χ0n) is 42.1. The fraction of sp³-hybridized carbons (Fsp3) is 0.760. The lowest BCUT2D eigenvalue weighted by Gasteiger charge is -2.21. The van der Waals surface area contributed by atoms with E-state index in [0.29, 0.717) is 12.8 Å². The van der Waals surface area contributed by atoms with Gasteiger partial charge in [0.1, 0.15) is 30.7 Å². The summed E-state index contributed by atoms with van der Waals surface area (Å²) in [5.74, 6) is -1.30. The van der Waals surface area contributed by atoms with Gasteiger partial charge in [0.2, 0.25) is 0 Å². The van der Waals surface area contributed by atoms with Gasteiger partial charge in [0.25, 0.3) is 0 Å². The predicted octanol–water partition coefficient (Wildman–Crippen LogP) is 10.8. The van der Waals surface area contributed by atoms with E-state index >= 15 is 0 Å². The molecule has 402 valence electrons. The van der Waals surface area contributed by atoms with Crippen molar-refractivity contribution in [1.82, 2.24) is 9.55 Å². The molecule has 0 spiro atoms. The predicted molar refractivity (Wildman–Crippen MR) is 270 cm³/mol. The SMILES string of the molecule is CCCCC/C=C\C/C=C\C/C=C\CCCCCCCCC(=O)O[C@H](COC(=O)CCCCCCCCCCCCCCC)COP(=O)(O)OP(=O)(O)OC[C@H]1O[C@@H](n2ccc(N)nc2=O)C(O)[C@H]1O. The molecule has 0 aromatic carbocycles. The molecule has 6 N–H and O–H groups in total. The zero-order chi connectivity index (χ0) is 51.3. The van der Waals surface area contributed by atoms with Gasteiger partial charge < -0.3 is 39.9 Å². The molecular weight excluding hydrogens is 945 g/mol.